The van der Waals surface area contributed by atoms with E-state index in [0.717, 1.165) is 13.0 Å². The molecule has 2 aliphatic rings. The average Bonchev–Trinajstić information content (AvgIpc) is 2.64. The summed E-state index contributed by atoms with van der Waals surface area (Å²) in [6.07, 6.45) is 2.36. The highest BCUT2D eigenvalue weighted by Crippen LogP contribution is 2.50. The van der Waals surface area contributed by atoms with Gasteiger partial charge in [-0.3, -0.25) is 14.6 Å². The van der Waals surface area contributed by atoms with Crippen LogP contribution in [0.4, 0.5) is 8.78 Å². The number of fused-ring (bicyclic) bond motifs is 1. The largest absolute Gasteiger partial charge is 0.358 e. The normalized spacial score (nSPS) is 29.3. The van der Waals surface area contributed by atoms with Crippen molar-refractivity contribution in [2.75, 3.05) is 13.6 Å². The zero-order chi connectivity index (χ0) is 20.1. The Morgan fingerprint density at radius 2 is 2.11 bits per heavy atom. The summed E-state index contributed by atoms with van der Waals surface area (Å²) in [7, 11) is 1.46. The van der Waals surface area contributed by atoms with Crippen LogP contribution >= 0.6 is 0 Å². The number of aromatic nitrogens is 2. The standard InChI is InChI=1S/C20H24F2N4O2/c1-19(6-8-25-19)12-3-5-20(21,22)10-11(12)14-9-15(27)16-13(26-14)4-7-24-17(16)18(28)23-2/h4,7,9,11-12,25H,3,5-6,8,10H2,1-2H3,(H,23,28)(H,26,27)/t11-,12-,19?/m1/s1. The van der Waals surface area contributed by atoms with Gasteiger partial charge in [-0.1, -0.05) is 0 Å². The van der Waals surface area contributed by atoms with E-state index in [1.165, 1.54) is 19.3 Å². The fourth-order valence-electron chi connectivity index (χ4n) is 4.77. The predicted octanol–water partition coefficient (Wildman–Crippen LogP) is 2.55. The third-order valence-electron chi connectivity index (χ3n) is 6.42. The molecule has 1 aliphatic heterocycles. The van der Waals surface area contributed by atoms with E-state index < -0.39 is 17.7 Å². The van der Waals surface area contributed by atoms with Crippen LogP contribution in [0, 0.1) is 5.92 Å². The number of aromatic amines is 1. The van der Waals surface area contributed by atoms with Gasteiger partial charge in [0.15, 0.2) is 5.43 Å². The van der Waals surface area contributed by atoms with Gasteiger partial charge in [0.25, 0.3) is 5.91 Å². The van der Waals surface area contributed by atoms with Crippen molar-refractivity contribution in [3.63, 3.8) is 0 Å². The molecule has 3 N–H and O–H groups in total. The highest BCUT2D eigenvalue weighted by Gasteiger charge is 2.51. The van der Waals surface area contributed by atoms with Crippen LogP contribution in [0.3, 0.4) is 0 Å². The Morgan fingerprint density at radius 1 is 1.36 bits per heavy atom. The minimum Gasteiger partial charge on any atom is -0.358 e. The number of nitrogens with zero attached hydrogens (tertiary/aromatic N) is 1. The van der Waals surface area contributed by atoms with Crippen LogP contribution in [0.2, 0.25) is 0 Å². The Labute approximate surface area is 161 Å². The fraction of sp³-hybridized carbons (Fsp3) is 0.550. The maximum absolute atomic E-state index is 14.3. The average molecular weight is 390 g/mol. The molecule has 1 saturated carbocycles. The number of carbonyl (C=O) groups is 1. The van der Waals surface area contributed by atoms with Gasteiger partial charge in [0.1, 0.15) is 5.69 Å². The van der Waals surface area contributed by atoms with Gasteiger partial charge in [0, 0.05) is 49.3 Å². The summed E-state index contributed by atoms with van der Waals surface area (Å²) >= 11 is 0. The fourth-order valence-corrected chi connectivity index (χ4v) is 4.77. The lowest BCUT2D eigenvalue weighted by molar-refractivity contribution is -0.0736. The van der Waals surface area contributed by atoms with Crippen LogP contribution in [0.15, 0.2) is 23.1 Å². The Balaban J connectivity index is 1.82. The molecule has 3 heterocycles. The molecule has 2 aromatic rings. The van der Waals surface area contributed by atoms with Crippen LogP contribution in [0.5, 0.6) is 0 Å². The smallest absolute Gasteiger partial charge is 0.270 e. The number of amides is 1. The Morgan fingerprint density at radius 3 is 2.75 bits per heavy atom. The first-order chi connectivity index (χ1) is 13.2. The molecule has 1 amide bonds. The lowest BCUT2D eigenvalue weighted by Gasteiger charge is -2.52. The van der Waals surface area contributed by atoms with Gasteiger partial charge < -0.3 is 15.6 Å². The van der Waals surface area contributed by atoms with E-state index in [4.69, 9.17) is 0 Å². The number of hydrogen-bond acceptors (Lipinski definition) is 4. The molecular formula is C20H24F2N4O2. The molecule has 1 unspecified atom stereocenters. The molecule has 1 aliphatic carbocycles. The summed E-state index contributed by atoms with van der Waals surface area (Å²) in [6, 6.07) is 2.98. The van der Waals surface area contributed by atoms with Gasteiger partial charge in [0.05, 0.1) is 10.9 Å². The van der Waals surface area contributed by atoms with E-state index in [1.54, 1.807) is 6.07 Å². The molecule has 0 spiro atoms. The molecule has 0 radical (unpaired) electrons. The third-order valence-corrected chi connectivity index (χ3v) is 6.42. The second-order valence-corrected chi connectivity index (χ2v) is 8.16. The van der Waals surface area contributed by atoms with Crippen molar-refractivity contribution in [3.8, 4) is 0 Å². The maximum Gasteiger partial charge on any atom is 0.270 e. The molecule has 8 heteroatoms. The van der Waals surface area contributed by atoms with Crippen LogP contribution in [-0.2, 0) is 0 Å². The van der Waals surface area contributed by atoms with Gasteiger partial charge in [-0.2, -0.15) is 0 Å². The number of H-pyrrole nitrogens is 1. The SMILES string of the molecule is CNC(=O)c1nccc2[nH]c([C@@H]3CC(F)(F)CC[C@H]3C3(C)CCN3)cc(=O)c12. The molecule has 0 aromatic carbocycles. The topological polar surface area (TPSA) is 86.9 Å². The summed E-state index contributed by atoms with van der Waals surface area (Å²) in [5.41, 5.74) is 0.403. The molecular weight excluding hydrogens is 366 g/mol. The van der Waals surface area contributed by atoms with Gasteiger partial charge in [0.2, 0.25) is 5.92 Å². The van der Waals surface area contributed by atoms with Gasteiger partial charge >= 0.3 is 0 Å². The van der Waals surface area contributed by atoms with Gasteiger partial charge in [-0.25, -0.2) is 8.78 Å². The lowest BCUT2D eigenvalue weighted by Crippen LogP contribution is -2.62. The van der Waals surface area contributed by atoms with E-state index in [1.807, 2.05) is 0 Å². The summed E-state index contributed by atoms with van der Waals surface area (Å²) in [6.45, 7) is 2.95. The van der Waals surface area contributed by atoms with Crippen LogP contribution < -0.4 is 16.1 Å². The first kappa shape index (κ1) is 19.0. The molecule has 4 rings (SSSR count). The van der Waals surface area contributed by atoms with Crippen molar-refractivity contribution in [1.82, 2.24) is 20.6 Å². The summed E-state index contributed by atoms with van der Waals surface area (Å²) in [5.74, 6) is -3.67. The zero-order valence-electron chi connectivity index (χ0n) is 15.9. The number of nitrogens with one attached hydrogen (secondary N) is 3. The zero-order valence-corrected chi connectivity index (χ0v) is 15.9. The molecule has 150 valence electrons. The number of halogens is 2. The maximum atomic E-state index is 14.3. The first-order valence-electron chi connectivity index (χ1n) is 9.61. The minimum atomic E-state index is -2.75. The van der Waals surface area contributed by atoms with Crippen molar-refractivity contribution in [1.29, 1.82) is 0 Å². The van der Waals surface area contributed by atoms with E-state index in [9.17, 15) is 18.4 Å². The van der Waals surface area contributed by atoms with Crippen molar-refractivity contribution in [2.24, 2.45) is 5.92 Å². The van der Waals surface area contributed by atoms with Crippen molar-refractivity contribution in [3.05, 3.63) is 39.9 Å². The molecule has 3 atom stereocenters. The van der Waals surface area contributed by atoms with E-state index in [-0.39, 0.29) is 40.8 Å². The van der Waals surface area contributed by atoms with Crippen LogP contribution in [0.1, 0.15) is 54.7 Å². The van der Waals surface area contributed by atoms with E-state index >= 15 is 0 Å². The third kappa shape index (κ3) is 3.09. The molecule has 6 nitrogen and oxygen atoms in total. The molecule has 2 fully saturated rings. The van der Waals surface area contributed by atoms with Crippen molar-refractivity contribution < 1.29 is 13.6 Å². The number of rotatable bonds is 3. The minimum absolute atomic E-state index is 0.00854. The summed E-state index contributed by atoms with van der Waals surface area (Å²) in [4.78, 5) is 32.1. The number of alkyl halides is 2. The summed E-state index contributed by atoms with van der Waals surface area (Å²) in [5, 5.41) is 6.05. The summed E-state index contributed by atoms with van der Waals surface area (Å²) < 4.78 is 28.6. The number of hydrogen-bond donors (Lipinski definition) is 3. The highest BCUT2D eigenvalue weighted by atomic mass is 19.3. The van der Waals surface area contributed by atoms with Crippen molar-refractivity contribution >= 4 is 16.8 Å². The highest BCUT2D eigenvalue weighted by molar-refractivity contribution is 6.04. The second kappa shape index (κ2) is 6.62. The predicted molar refractivity (Wildman–Crippen MR) is 102 cm³/mol. The quantitative estimate of drug-likeness (QED) is 0.752. The number of carbonyl (C=O) groups excluding carboxylic acids is 1. The van der Waals surface area contributed by atoms with Crippen LogP contribution in [0.25, 0.3) is 10.9 Å². The molecule has 1 saturated heterocycles. The van der Waals surface area contributed by atoms with Crippen molar-refractivity contribution in [2.45, 2.75) is 50.0 Å². The van der Waals surface area contributed by atoms with Gasteiger partial charge in [-0.15, -0.1) is 0 Å². The Bertz CT molecular complexity index is 984. The molecule has 2 aromatic heterocycles. The number of pyridine rings is 2. The Hall–Kier alpha value is -2.35. The Kier molecular flexibility index (Phi) is 4.49. The van der Waals surface area contributed by atoms with Gasteiger partial charge in [-0.05, 0) is 38.3 Å². The van der Waals surface area contributed by atoms with E-state index in [0.29, 0.717) is 17.6 Å². The molecule has 0 bridgehead atoms. The lowest BCUT2D eigenvalue weighted by atomic mass is 9.63. The van der Waals surface area contributed by atoms with E-state index in [2.05, 4.69) is 27.5 Å². The monoisotopic (exact) mass is 390 g/mol. The molecule has 28 heavy (non-hydrogen) atoms. The first-order valence-corrected chi connectivity index (χ1v) is 9.61. The van der Waals surface area contributed by atoms with Crippen LogP contribution in [-0.4, -0.2) is 40.9 Å². The second-order valence-electron chi connectivity index (χ2n) is 8.16.